The lowest BCUT2D eigenvalue weighted by molar-refractivity contribution is 0.445. The first kappa shape index (κ1) is 32.3. The highest BCUT2D eigenvalue weighted by Gasteiger charge is 2.24. The Labute approximate surface area is 317 Å². The van der Waals surface area contributed by atoms with Crippen LogP contribution in [0, 0.1) is 0 Å². The van der Waals surface area contributed by atoms with Gasteiger partial charge in [0.2, 0.25) is 0 Å². The van der Waals surface area contributed by atoms with Crippen molar-refractivity contribution in [2.45, 2.75) is 38.0 Å². The van der Waals surface area contributed by atoms with Gasteiger partial charge in [0.1, 0.15) is 0 Å². The van der Waals surface area contributed by atoms with Crippen LogP contribution in [0.25, 0.3) is 60.5 Å². The van der Waals surface area contributed by atoms with Crippen molar-refractivity contribution in [2.24, 2.45) is 0 Å². The molecule has 54 heavy (non-hydrogen) atoms. The maximum Gasteiger partial charge on any atom is 0.0541 e. The molecule has 260 valence electrons. The van der Waals surface area contributed by atoms with Gasteiger partial charge in [0.05, 0.1) is 22.4 Å². The summed E-state index contributed by atoms with van der Waals surface area (Å²) in [5.74, 6) is 0.601. The summed E-state index contributed by atoms with van der Waals surface area (Å²) in [6, 6.07) is 69.1. The van der Waals surface area contributed by atoms with Crippen molar-refractivity contribution in [3.05, 3.63) is 194 Å². The van der Waals surface area contributed by atoms with Crippen LogP contribution >= 0.6 is 0 Å². The summed E-state index contributed by atoms with van der Waals surface area (Å²) in [4.78, 5) is 2.48. The Morgan fingerprint density at radius 1 is 0.444 bits per heavy atom. The molecule has 1 heterocycles. The van der Waals surface area contributed by atoms with Gasteiger partial charge in [-0.2, -0.15) is 0 Å². The number of fused-ring (bicyclic) bond motifs is 4. The Morgan fingerprint density at radius 2 is 1.06 bits per heavy atom. The minimum Gasteiger partial charge on any atom is -0.309 e. The molecule has 0 amide bonds. The van der Waals surface area contributed by atoms with Crippen molar-refractivity contribution in [1.82, 2.24) is 4.57 Å². The van der Waals surface area contributed by atoms with Crippen molar-refractivity contribution in [1.29, 1.82) is 0 Å². The highest BCUT2D eigenvalue weighted by Crippen LogP contribution is 2.48. The number of aromatic nitrogens is 1. The van der Waals surface area contributed by atoms with Gasteiger partial charge < -0.3 is 9.47 Å². The number of hydrogen-bond acceptors (Lipinski definition) is 1. The molecule has 1 aromatic heterocycles. The zero-order valence-electron chi connectivity index (χ0n) is 30.4. The van der Waals surface area contributed by atoms with Gasteiger partial charge in [-0.05, 0) is 101 Å². The Balaban J connectivity index is 1.18. The number of hydrogen-bond donors (Lipinski definition) is 0. The number of benzene rings is 8. The van der Waals surface area contributed by atoms with Crippen molar-refractivity contribution in [3.8, 4) is 27.9 Å². The Hall–Kier alpha value is -6.38. The van der Waals surface area contributed by atoms with E-state index in [9.17, 15) is 0 Å². The molecule has 2 nitrogen and oxygen atoms in total. The first-order valence-corrected chi connectivity index (χ1v) is 19.5. The van der Waals surface area contributed by atoms with E-state index in [0.717, 1.165) is 11.4 Å². The quantitative estimate of drug-likeness (QED) is 0.161. The maximum absolute atomic E-state index is 2.48. The van der Waals surface area contributed by atoms with Crippen LogP contribution < -0.4 is 4.90 Å². The number of rotatable bonds is 7. The second-order valence-electron chi connectivity index (χ2n) is 14.7. The predicted octanol–water partition coefficient (Wildman–Crippen LogP) is 14.8. The van der Waals surface area contributed by atoms with E-state index in [-0.39, 0.29) is 0 Å². The number of para-hydroxylation sites is 5. The topological polar surface area (TPSA) is 8.17 Å². The van der Waals surface area contributed by atoms with Gasteiger partial charge in [-0.3, -0.25) is 0 Å². The predicted molar refractivity (Wildman–Crippen MR) is 230 cm³/mol. The summed E-state index contributed by atoms with van der Waals surface area (Å²) in [6.45, 7) is 0. The van der Waals surface area contributed by atoms with E-state index in [1.165, 1.54) is 104 Å². The van der Waals surface area contributed by atoms with Gasteiger partial charge in [0.25, 0.3) is 0 Å². The fourth-order valence-corrected chi connectivity index (χ4v) is 9.14. The first-order valence-electron chi connectivity index (χ1n) is 19.5. The van der Waals surface area contributed by atoms with Crippen LogP contribution in [0.15, 0.2) is 188 Å². The summed E-state index contributed by atoms with van der Waals surface area (Å²) in [5.41, 5.74) is 13.5. The van der Waals surface area contributed by atoms with E-state index in [1.807, 2.05) is 0 Å². The molecule has 0 spiro atoms. The van der Waals surface area contributed by atoms with Crippen LogP contribution in [0.3, 0.4) is 0 Å². The van der Waals surface area contributed by atoms with Crippen LogP contribution in [0.5, 0.6) is 0 Å². The summed E-state index contributed by atoms with van der Waals surface area (Å²) in [6.07, 6.45) is 6.53. The monoisotopic (exact) mass is 694 g/mol. The second kappa shape index (κ2) is 13.9. The molecule has 10 rings (SSSR count). The van der Waals surface area contributed by atoms with Crippen LogP contribution in [0.4, 0.5) is 17.1 Å². The van der Waals surface area contributed by atoms with Gasteiger partial charge in [-0.15, -0.1) is 0 Å². The molecule has 0 atom stereocenters. The van der Waals surface area contributed by atoms with Gasteiger partial charge in [-0.25, -0.2) is 0 Å². The molecular formula is C52H42N2. The summed E-state index contributed by atoms with van der Waals surface area (Å²) in [5, 5.41) is 5.23. The lowest BCUT2D eigenvalue weighted by atomic mass is 9.80. The third kappa shape index (κ3) is 5.58. The molecule has 1 fully saturated rings. The first-order chi connectivity index (χ1) is 26.8. The fraction of sp³-hybridized carbons (Fsp3) is 0.115. The molecular weight excluding hydrogens is 653 g/mol. The lowest BCUT2D eigenvalue weighted by Gasteiger charge is -2.30. The number of anilines is 3. The van der Waals surface area contributed by atoms with Crippen molar-refractivity contribution >= 4 is 49.6 Å². The lowest BCUT2D eigenvalue weighted by Crippen LogP contribution is -2.12. The third-order valence-electron chi connectivity index (χ3n) is 11.6. The highest BCUT2D eigenvalue weighted by molar-refractivity contribution is 6.11. The molecule has 9 aromatic rings. The van der Waals surface area contributed by atoms with Crippen LogP contribution in [0.2, 0.25) is 0 Å². The molecule has 0 saturated heterocycles. The maximum atomic E-state index is 2.48. The Morgan fingerprint density at radius 3 is 1.85 bits per heavy atom. The van der Waals surface area contributed by atoms with E-state index in [4.69, 9.17) is 0 Å². The average molecular weight is 695 g/mol. The summed E-state index contributed by atoms with van der Waals surface area (Å²) < 4.78 is 2.39. The minimum atomic E-state index is 0.601. The Bertz CT molecular complexity index is 2750. The molecule has 0 bridgehead atoms. The molecule has 1 aliphatic rings. The SMILES string of the molecule is c1ccc(N(c2ccccc2-c2ccc3c(c2)c2ccccc2n3-c2ccccc2)c2ccccc2-c2cccc3cccc(C4CCCCC4)c23)cc1. The highest BCUT2D eigenvalue weighted by atomic mass is 15.1. The minimum absolute atomic E-state index is 0.601. The van der Waals surface area contributed by atoms with Crippen molar-refractivity contribution in [2.75, 3.05) is 4.90 Å². The number of nitrogens with zero attached hydrogens (tertiary/aromatic N) is 2. The fourth-order valence-electron chi connectivity index (χ4n) is 9.14. The van der Waals surface area contributed by atoms with E-state index in [1.54, 1.807) is 0 Å². The molecule has 2 heteroatoms. The van der Waals surface area contributed by atoms with Gasteiger partial charge in [0.15, 0.2) is 0 Å². The molecule has 1 saturated carbocycles. The van der Waals surface area contributed by atoms with Gasteiger partial charge in [-0.1, -0.05) is 153 Å². The van der Waals surface area contributed by atoms with Crippen LogP contribution in [-0.4, -0.2) is 4.57 Å². The molecule has 0 radical (unpaired) electrons. The van der Waals surface area contributed by atoms with Gasteiger partial charge in [0, 0.05) is 33.3 Å². The standard InChI is InChI=1S/C52H42N2/c1-4-18-37(19-5-1)43-29-16-20-38-21-17-30-46(52(38)43)44-27-11-14-32-49(44)53(40-22-6-2-7-23-40)48-31-13-10-26-42(48)39-34-35-51-47(36-39)45-28-12-15-33-50(45)54(51)41-24-8-3-9-25-41/h2-3,6-17,20-37H,1,4-5,18-19H2. The second-order valence-corrected chi connectivity index (χ2v) is 14.7. The van der Waals surface area contributed by atoms with Crippen LogP contribution in [0.1, 0.15) is 43.6 Å². The molecule has 1 aliphatic carbocycles. The van der Waals surface area contributed by atoms with Crippen molar-refractivity contribution < 1.29 is 0 Å². The van der Waals surface area contributed by atoms with Gasteiger partial charge >= 0.3 is 0 Å². The van der Waals surface area contributed by atoms with E-state index >= 15 is 0 Å². The molecule has 0 unspecified atom stereocenters. The zero-order valence-corrected chi connectivity index (χ0v) is 30.4. The molecule has 0 aliphatic heterocycles. The average Bonchev–Trinajstić information content (AvgIpc) is 3.58. The zero-order chi connectivity index (χ0) is 35.8. The summed E-state index contributed by atoms with van der Waals surface area (Å²) >= 11 is 0. The smallest absolute Gasteiger partial charge is 0.0541 e. The Kier molecular flexibility index (Phi) is 8.30. The summed E-state index contributed by atoms with van der Waals surface area (Å²) in [7, 11) is 0. The van der Waals surface area contributed by atoms with E-state index in [0.29, 0.717) is 5.92 Å². The van der Waals surface area contributed by atoms with Crippen LogP contribution in [-0.2, 0) is 0 Å². The normalized spacial score (nSPS) is 13.5. The van der Waals surface area contributed by atoms with E-state index < -0.39 is 0 Å². The van der Waals surface area contributed by atoms with E-state index in [2.05, 4.69) is 198 Å². The third-order valence-corrected chi connectivity index (χ3v) is 11.6. The molecule has 0 N–H and O–H groups in total. The van der Waals surface area contributed by atoms with Crippen molar-refractivity contribution in [3.63, 3.8) is 0 Å². The molecule has 8 aromatic carbocycles. The largest absolute Gasteiger partial charge is 0.309 e.